The molecule has 0 heterocycles. The van der Waals surface area contributed by atoms with Crippen LogP contribution in [-0.2, 0) is 15.0 Å². The molecule has 0 aliphatic rings. The predicted octanol–water partition coefficient (Wildman–Crippen LogP) is 2.25. The van der Waals surface area contributed by atoms with Crippen LogP contribution in [0, 0.1) is 0 Å². The first-order valence-corrected chi connectivity index (χ1v) is 6.32. The van der Waals surface area contributed by atoms with Crippen molar-refractivity contribution in [1.82, 2.24) is 0 Å². The number of carbonyl (C=O) groups is 1. The summed E-state index contributed by atoms with van der Waals surface area (Å²) in [7, 11) is -3.82. The zero-order valence-corrected chi connectivity index (χ0v) is 10.5. The van der Waals surface area contributed by atoms with Crippen LogP contribution in [0.25, 0.3) is 0 Å². The number of rotatable bonds is 3. The number of halogens is 1. The van der Waals surface area contributed by atoms with Gasteiger partial charge in [-0.05, 0) is 23.6 Å². The fourth-order valence-corrected chi connectivity index (χ4v) is 2.02. The second-order valence-electron chi connectivity index (χ2n) is 3.84. The molecule has 0 saturated carbocycles. The highest BCUT2D eigenvalue weighted by atomic mass is 32.3. The zero-order valence-electron chi connectivity index (χ0n) is 9.73. The van der Waals surface area contributed by atoms with Crippen LogP contribution in [-0.4, -0.2) is 21.5 Å². The first-order valence-electron chi connectivity index (χ1n) is 4.94. The molecule has 4 nitrogen and oxygen atoms in total. The Balaban J connectivity index is 3.48. The topological polar surface area (TPSA) is 60.4 Å². The molecule has 0 amide bonds. The molecule has 1 aromatic carbocycles. The summed E-state index contributed by atoms with van der Waals surface area (Å²) in [6, 6.07) is 3.89. The standard InChI is InChI=1S/C11H13FO4S/c1-7(2)8-4-5-10(17(12,14)15)9(6-8)11(13)16-3/h4-7H,1-3H3. The number of methoxy groups -OCH3 is 1. The van der Waals surface area contributed by atoms with Crippen molar-refractivity contribution in [2.24, 2.45) is 0 Å². The van der Waals surface area contributed by atoms with Crippen LogP contribution in [0.2, 0.25) is 0 Å². The molecule has 0 bridgehead atoms. The number of hydrogen-bond acceptors (Lipinski definition) is 4. The van der Waals surface area contributed by atoms with Gasteiger partial charge in [0.1, 0.15) is 4.90 Å². The number of benzene rings is 1. The fraction of sp³-hybridized carbons (Fsp3) is 0.364. The minimum atomic E-state index is -4.93. The molecule has 6 heteroatoms. The van der Waals surface area contributed by atoms with E-state index in [2.05, 4.69) is 4.74 Å². The van der Waals surface area contributed by atoms with Gasteiger partial charge in [-0.25, -0.2) is 4.79 Å². The highest BCUT2D eigenvalue weighted by Crippen LogP contribution is 2.24. The summed E-state index contributed by atoms with van der Waals surface area (Å²) in [5, 5.41) is 0. The lowest BCUT2D eigenvalue weighted by molar-refractivity contribution is 0.0596. The molecule has 0 N–H and O–H groups in total. The van der Waals surface area contributed by atoms with Crippen molar-refractivity contribution in [2.45, 2.75) is 24.7 Å². The molecule has 1 aromatic rings. The first kappa shape index (κ1) is 13.6. The van der Waals surface area contributed by atoms with Crippen LogP contribution in [0.3, 0.4) is 0 Å². The van der Waals surface area contributed by atoms with Crippen LogP contribution in [0.5, 0.6) is 0 Å². The Kier molecular flexibility index (Phi) is 3.87. The molecule has 0 saturated heterocycles. The van der Waals surface area contributed by atoms with Crippen LogP contribution >= 0.6 is 0 Å². The van der Waals surface area contributed by atoms with Gasteiger partial charge in [-0.1, -0.05) is 19.9 Å². The maximum Gasteiger partial charge on any atom is 0.339 e. The summed E-state index contributed by atoms with van der Waals surface area (Å²) in [5.74, 6) is -0.779. The second kappa shape index (κ2) is 4.83. The third kappa shape index (κ3) is 3.03. The number of hydrogen-bond donors (Lipinski definition) is 0. The van der Waals surface area contributed by atoms with Gasteiger partial charge in [0, 0.05) is 0 Å². The summed E-state index contributed by atoms with van der Waals surface area (Å²) >= 11 is 0. The smallest absolute Gasteiger partial charge is 0.339 e. The van der Waals surface area contributed by atoms with Crippen LogP contribution < -0.4 is 0 Å². The van der Waals surface area contributed by atoms with Crippen molar-refractivity contribution in [2.75, 3.05) is 7.11 Å². The van der Waals surface area contributed by atoms with E-state index in [0.717, 1.165) is 18.7 Å². The lowest BCUT2D eigenvalue weighted by Gasteiger charge is -2.09. The zero-order chi connectivity index (χ0) is 13.2. The number of ether oxygens (including phenoxy) is 1. The van der Waals surface area contributed by atoms with Gasteiger partial charge in [0.25, 0.3) is 0 Å². The summed E-state index contributed by atoms with van der Waals surface area (Å²) in [4.78, 5) is 10.7. The Morgan fingerprint density at radius 2 is 1.94 bits per heavy atom. The van der Waals surface area contributed by atoms with E-state index in [4.69, 9.17) is 0 Å². The lowest BCUT2D eigenvalue weighted by atomic mass is 10.0. The predicted molar refractivity (Wildman–Crippen MR) is 60.2 cm³/mol. The number of esters is 1. The van der Waals surface area contributed by atoms with Crippen molar-refractivity contribution in [3.63, 3.8) is 0 Å². The lowest BCUT2D eigenvalue weighted by Crippen LogP contribution is -2.09. The minimum absolute atomic E-state index is 0.0924. The molecule has 0 radical (unpaired) electrons. The first-order chi connectivity index (χ1) is 7.77. The van der Waals surface area contributed by atoms with E-state index < -0.39 is 21.1 Å². The highest BCUT2D eigenvalue weighted by molar-refractivity contribution is 7.86. The fourth-order valence-electron chi connectivity index (χ4n) is 1.39. The van der Waals surface area contributed by atoms with Crippen LogP contribution in [0.4, 0.5) is 3.89 Å². The molecule has 0 fully saturated rings. The third-order valence-corrected chi connectivity index (χ3v) is 3.22. The average Bonchev–Trinajstić information content (AvgIpc) is 2.25. The van der Waals surface area contributed by atoms with Crippen molar-refractivity contribution in [3.05, 3.63) is 29.3 Å². The Morgan fingerprint density at radius 1 is 1.35 bits per heavy atom. The van der Waals surface area contributed by atoms with Gasteiger partial charge in [-0.2, -0.15) is 8.42 Å². The van der Waals surface area contributed by atoms with E-state index in [1.54, 1.807) is 0 Å². The van der Waals surface area contributed by atoms with Gasteiger partial charge < -0.3 is 4.74 Å². The summed E-state index contributed by atoms with van der Waals surface area (Å²) in [6.07, 6.45) is 0. The molecule has 0 aliphatic carbocycles. The van der Waals surface area contributed by atoms with E-state index in [-0.39, 0.29) is 11.5 Å². The third-order valence-electron chi connectivity index (χ3n) is 2.34. The molecule has 94 valence electrons. The largest absolute Gasteiger partial charge is 0.465 e. The van der Waals surface area contributed by atoms with E-state index in [1.807, 2.05) is 13.8 Å². The Morgan fingerprint density at radius 3 is 2.35 bits per heavy atom. The molecule has 0 aliphatic heterocycles. The van der Waals surface area contributed by atoms with E-state index >= 15 is 0 Å². The summed E-state index contributed by atoms with van der Waals surface area (Å²) in [5.41, 5.74) is 0.457. The van der Waals surface area contributed by atoms with Gasteiger partial charge in [-0.3, -0.25) is 0 Å². The Bertz CT molecular complexity index is 534. The van der Waals surface area contributed by atoms with Gasteiger partial charge in [0.15, 0.2) is 0 Å². The van der Waals surface area contributed by atoms with Gasteiger partial charge >= 0.3 is 16.2 Å². The molecule has 1 rings (SSSR count). The minimum Gasteiger partial charge on any atom is -0.465 e. The average molecular weight is 260 g/mol. The highest BCUT2D eigenvalue weighted by Gasteiger charge is 2.23. The van der Waals surface area contributed by atoms with Gasteiger partial charge in [-0.15, -0.1) is 3.89 Å². The van der Waals surface area contributed by atoms with Gasteiger partial charge in [0.05, 0.1) is 12.7 Å². The maximum atomic E-state index is 13.0. The van der Waals surface area contributed by atoms with E-state index in [1.165, 1.54) is 12.1 Å². The molecule has 0 aromatic heterocycles. The quantitative estimate of drug-likeness (QED) is 0.617. The monoisotopic (exact) mass is 260 g/mol. The summed E-state index contributed by atoms with van der Waals surface area (Å²) < 4.78 is 39.2. The normalized spacial score (nSPS) is 11.6. The molecular weight excluding hydrogens is 247 g/mol. The second-order valence-corrected chi connectivity index (χ2v) is 5.16. The van der Waals surface area contributed by atoms with Crippen molar-refractivity contribution in [1.29, 1.82) is 0 Å². The maximum absolute atomic E-state index is 13.0. The molecule has 17 heavy (non-hydrogen) atoms. The summed E-state index contributed by atoms with van der Waals surface area (Å²) in [6.45, 7) is 3.75. The molecule has 0 unspecified atom stereocenters. The molecular formula is C11H13FO4S. The van der Waals surface area contributed by atoms with Crippen molar-refractivity contribution >= 4 is 16.2 Å². The number of carbonyl (C=O) groups excluding carboxylic acids is 1. The van der Waals surface area contributed by atoms with Crippen molar-refractivity contribution in [3.8, 4) is 0 Å². The van der Waals surface area contributed by atoms with E-state index in [0.29, 0.717) is 0 Å². The molecule has 0 spiro atoms. The van der Waals surface area contributed by atoms with Gasteiger partial charge in [0.2, 0.25) is 0 Å². The van der Waals surface area contributed by atoms with Crippen LogP contribution in [0.15, 0.2) is 23.1 Å². The van der Waals surface area contributed by atoms with E-state index in [9.17, 15) is 17.1 Å². The van der Waals surface area contributed by atoms with Crippen LogP contribution in [0.1, 0.15) is 35.7 Å². The Hall–Kier alpha value is -1.43. The Labute approximate surface area is 99.6 Å². The molecule has 0 atom stereocenters. The van der Waals surface area contributed by atoms with Crippen molar-refractivity contribution < 1.29 is 21.8 Å². The SMILES string of the molecule is COC(=O)c1cc(C(C)C)ccc1S(=O)(=O)F.